The smallest absolute Gasteiger partial charge is 0.253 e. The number of aromatic nitrogens is 1. The number of carbonyl (C=O) groups excluding carboxylic acids is 2. The molecule has 1 aliphatic rings. The predicted octanol–water partition coefficient (Wildman–Crippen LogP) is 3.32. The summed E-state index contributed by atoms with van der Waals surface area (Å²) in [7, 11) is 0. The summed E-state index contributed by atoms with van der Waals surface area (Å²) in [5.41, 5.74) is 7.88. The average Bonchev–Trinajstić information content (AvgIpc) is 3.28. The minimum atomic E-state index is -1.08. The number of hydrogen-bond acceptors (Lipinski definition) is 7. The SMILES string of the molecule is Cc1ncsc1COc1ccc2sc(C)c(C(=O)NC3(C(N)=O)CCOCC3)c2c1. The van der Waals surface area contributed by atoms with Gasteiger partial charge in [0.1, 0.15) is 17.9 Å². The van der Waals surface area contributed by atoms with Crippen LogP contribution in [0.15, 0.2) is 23.7 Å². The second-order valence-electron chi connectivity index (χ2n) is 7.35. The first kappa shape index (κ1) is 20.8. The summed E-state index contributed by atoms with van der Waals surface area (Å²) in [6, 6.07) is 5.74. The van der Waals surface area contributed by atoms with Gasteiger partial charge in [-0.1, -0.05) is 0 Å². The van der Waals surface area contributed by atoms with Crippen LogP contribution in [0.2, 0.25) is 0 Å². The second-order valence-corrected chi connectivity index (χ2v) is 9.55. The number of ether oxygens (including phenoxy) is 2. The third-order valence-electron chi connectivity index (χ3n) is 5.45. The molecular weight excluding hydrogens is 422 g/mol. The number of thiophene rings is 1. The number of amides is 2. The third kappa shape index (κ3) is 3.92. The number of fused-ring (bicyclic) bond motifs is 1. The number of carbonyl (C=O) groups is 2. The Balaban J connectivity index is 1.61. The van der Waals surface area contributed by atoms with Gasteiger partial charge in [0.25, 0.3) is 5.91 Å². The third-order valence-corrected chi connectivity index (χ3v) is 7.44. The molecule has 1 saturated heterocycles. The summed E-state index contributed by atoms with van der Waals surface area (Å²) in [4.78, 5) is 31.5. The summed E-state index contributed by atoms with van der Waals surface area (Å²) >= 11 is 3.09. The van der Waals surface area contributed by atoms with Crippen LogP contribution in [0.3, 0.4) is 0 Å². The number of rotatable bonds is 6. The fourth-order valence-corrected chi connectivity index (χ4v) is 5.35. The van der Waals surface area contributed by atoms with Gasteiger partial charge in [-0.3, -0.25) is 9.59 Å². The molecule has 0 saturated carbocycles. The van der Waals surface area contributed by atoms with E-state index < -0.39 is 11.4 Å². The lowest BCUT2D eigenvalue weighted by Gasteiger charge is -2.35. The Bertz CT molecular complexity index is 1100. The number of thiazole rings is 1. The fraction of sp³-hybridized carbons (Fsp3) is 0.381. The van der Waals surface area contributed by atoms with Crippen molar-refractivity contribution in [2.45, 2.75) is 38.8 Å². The first-order valence-corrected chi connectivity index (χ1v) is 11.3. The van der Waals surface area contributed by atoms with Gasteiger partial charge in [-0.25, -0.2) is 4.98 Å². The van der Waals surface area contributed by atoms with Crippen LogP contribution >= 0.6 is 22.7 Å². The highest BCUT2D eigenvalue weighted by Gasteiger charge is 2.40. The van der Waals surface area contributed by atoms with E-state index in [1.807, 2.05) is 32.0 Å². The minimum absolute atomic E-state index is 0.296. The first-order valence-electron chi connectivity index (χ1n) is 9.65. The molecule has 158 valence electrons. The van der Waals surface area contributed by atoms with Gasteiger partial charge in [-0.15, -0.1) is 22.7 Å². The summed E-state index contributed by atoms with van der Waals surface area (Å²) in [5, 5.41) is 3.72. The zero-order valence-corrected chi connectivity index (χ0v) is 18.5. The molecular formula is C21H23N3O4S2. The molecule has 1 fully saturated rings. The molecule has 0 unspecified atom stereocenters. The molecule has 1 aromatic carbocycles. The summed E-state index contributed by atoms with van der Waals surface area (Å²) < 4.78 is 12.3. The Morgan fingerprint density at radius 3 is 2.73 bits per heavy atom. The lowest BCUT2D eigenvalue weighted by Crippen LogP contribution is -2.60. The lowest BCUT2D eigenvalue weighted by molar-refractivity contribution is -0.127. The van der Waals surface area contributed by atoms with Crippen molar-refractivity contribution in [3.63, 3.8) is 0 Å². The molecule has 3 aromatic rings. The topological polar surface area (TPSA) is 104 Å². The van der Waals surface area contributed by atoms with E-state index in [2.05, 4.69) is 10.3 Å². The van der Waals surface area contributed by atoms with Gasteiger partial charge in [0.2, 0.25) is 5.91 Å². The Morgan fingerprint density at radius 2 is 2.07 bits per heavy atom. The van der Waals surface area contributed by atoms with E-state index >= 15 is 0 Å². The molecule has 0 atom stereocenters. The molecule has 7 nitrogen and oxygen atoms in total. The van der Waals surface area contributed by atoms with Crippen molar-refractivity contribution >= 4 is 44.6 Å². The van der Waals surface area contributed by atoms with Crippen LogP contribution in [0, 0.1) is 13.8 Å². The maximum Gasteiger partial charge on any atom is 0.253 e. The first-order chi connectivity index (χ1) is 14.4. The predicted molar refractivity (Wildman–Crippen MR) is 117 cm³/mol. The van der Waals surface area contributed by atoms with E-state index in [1.165, 1.54) is 11.3 Å². The maximum absolute atomic E-state index is 13.2. The number of primary amides is 1. The van der Waals surface area contributed by atoms with Crippen LogP contribution in [0.4, 0.5) is 0 Å². The standard InChI is InChI=1S/C21H23N3O4S2/c1-12-17(29-11-23-12)10-28-14-3-4-16-15(9-14)18(13(2)30-16)19(25)24-21(20(22)26)5-7-27-8-6-21/h3-4,9,11H,5-8,10H2,1-2H3,(H2,22,26)(H,24,25). The zero-order chi connectivity index (χ0) is 21.3. The summed E-state index contributed by atoms with van der Waals surface area (Å²) in [6.07, 6.45) is 0.746. The number of benzene rings is 1. The van der Waals surface area contributed by atoms with E-state index in [0.717, 1.165) is 25.5 Å². The fourth-order valence-electron chi connectivity index (χ4n) is 3.62. The van der Waals surface area contributed by atoms with Crippen molar-refractivity contribution in [3.8, 4) is 5.75 Å². The molecule has 0 spiro atoms. The molecule has 2 amide bonds. The molecule has 9 heteroatoms. The minimum Gasteiger partial charge on any atom is -0.488 e. The van der Waals surface area contributed by atoms with E-state index in [1.54, 1.807) is 16.8 Å². The highest BCUT2D eigenvalue weighted by Crippen LogP contribution is 2.34. The van der Waals surface area contributed by atoms with Crippen LogP contribution in [-0.4, -0.2) is 35.6 Å². The van der Waals surface area contributed by atoms with Crippen LogP contribution in [-0.2, 0) is 16.1 Å². The van der Waals surface area contributed by atoms with Gasteiger partial charge in [0.15, 0.2) is 0 Å². The van der Waals surface area contributed by atoms with Gasteiger partial charge >= 0.3 is 0 Å². The maximum atomic E-state index is 13.2. The van der Waals surface area contributed by atoms with Crippen molar-refractivity contribution < 1.29 is 19.1 Å². The average molecular weight is 446 g/mol. The Labute approximate surface area is 182 Å². The molecule has 1 aliphatic heterocycles. The van der Waals surface area contributed by atoms with Crippen molar-refractivity contribution in [1.29, 1.82) is 0 Å². The zero-order valence-electron chi connectivity index (χ0n) is 16.8. The molecule has 0 aliphatic carbocycles. The van der Waals surface area contributed by atoms with Crippen LogP contribution in [0.5, 0.6) is 5.75 Å². The number of nitrogens with one attached hydrogen (secondary N) is 1. The number of nitrogens with zero attached hydrogens (tertiary/aromatic N) is 1. The van der Waals surface area contributed by atoms with E-state index in [9.17, 15) is 9.59 Å². The molecule has 4 rings (SSSR count). The van der Waals surface area contributed by atoms with Crippen LogP contribution in [0.1, 0.15) is 38.6 Å². The molecule has 2 aromatic heterocycles. The normalized spacial score (nSPS) is 15.8. The molecule has 30 heavy (non-hydrogen) atoms. The van der Waals surface area contributed by atoms with Crippen molar-refractivity contribution in [3.05, 3.63) is 44.7 Å². The van der Waals surface area contributed by atoms with Gasteiger partial charge in [-0.05, 0) is 32.0 Å². The summed E-state index contributed by atoms with van der Waals surface area (Å²) in [5.74, 6) is -0.145. The number of nitrogens with two attached hydrogens (primary N) is 1. The number of hydrogen-bond donors (Lipinski definition) is 2. The molecule has 3 N–H and O–H groups in total. The largest absolute Gasteiger partial charge is 0.488 e. The van der Waals surface area contributed by atoms with Gasteiger partial charge in [0, 0.05) is 41.0 Å². The van der Waals surface area contributed by atoms with Gasteiger partial charge < -0.3 is 20.5 Å². The highest BCUT2D eigenvalue weighted by molar-refractivity contribution is 7.19. The van der Waals surface area contributed by atoms with Crippen molar-refractivity contribution in [2.75, 3.05) is 13.2 Å². The monoisotopic (exact) mass is 445 g/mol. The quantitative estimate of drug-likeness (QED) is 0.606. The van der Waals surface area contributed by atoms with Crippen LogP contribution in [0.25, 0.3) is 10.1 Å². The van der Waals surface area contributed by atoms with Crippen molar-refractivity contribution in [2.24, 2.45) is 5.73 Å². The van der Waals surface area contributed by atoms with Crippen molar-refractivity contribution in [1.82, 2.24) is 10.3 Å². The molecule has 0 radical (unpaired) electrons. The van der Waals surface area contributed by atoms with Crippen LogP contribution < -0.4 is 15.8 Å². The molecule has 3 heterocycles. The highest BCUT2D eigenvalue weighted by atomic mass is 32.1. The Hall–Kier alpha value is -2.49. The van der Waals surface area contributed by atoms with Gasteiger partial charge in [-0.2, -0.15) is 0 Å². The van der Waals surface area contributed by atoms with E-state index in [4.69, 9.17) is 15.2 Å². The lowest BCUT2D eigenvalue weighted by atomic mass is 9.88. The molecule has 0 bridgehead atoms. The number of aryl methyl sites for hydroxylation is 2. The van der Waals surface area contributed by atoms with E-state index in [-0.39, 0.29) is 5.91 Å². The summed E-state index contributed by atoms with van der Waals surface area (Å²) in [6.45, 7) is 5.07. The van der Waals surface area contributed by atoms with Gasteiger partial charge in [0.05, 0.1) is 21.6 Å². The second kappa shape index (κ2) is 8.33. The van der Waals surface area contributed by atoms with E-state index in [0.29, 0.717) is 44.0 Å². The Morgan fingerprint density at radius 1 is 1.30 bits per heavy atom. The Kier molecular flexibility index (Phi) is 5.77.